The van der Waals surface area contributed by atoms with Crippen LogP contribution in [0.25, 0.3) is 0 Å². The van der Waals surface area contributed by atoms with E-state index in [1.165, 1.54) is 12.8 Å². The maximum Gasteiger partial charge on any atom is 0.329 e. The number of urea groups is 1. The molecule has 3 fully saturated rings. The van der Waals surface area contributed by atoms with Crippen LogP contribution >= 0.6 is 12.4 Å². The van der Waals surface area contributed by atoms with Gasteiger partial charge in [0.25, 0.3) is 0 Å². The van der Waals surface area contributed by atoms with E-state index in [4.69, 9.17) is 9.84 Å². The number of carbonyl (C=O) groups excluding carboxylic acids is 1. The van der Waals surface area contributed by atoms with Crippen molar-refractivity contribution < 1.29 is 19.4 Å². The monoisotopic (exact) mass is 389 g/mol. The zero-order valence-corrected chi connectivity index (χ0v) is 16.2. The van der Waals surface area contributed by atoms with E-state index < -0.39 is 5.97 Å². The maximum absolute atomic E-state index is 12.7. The van der Waals surface area contributed by atoms with Gasteiger partial charge >= 0.3 is 12.0 Å². The van der Waals surface area contributed by atoms with Gasteiger partial charge in [0.2, 0.25) is 0 Å². The summed E-state index contributed by atoms with van der Waals surface area (Å²) >= 11 is 0. The number of carbonyl (C=O) groups is 2. The number of piperidine rings is 1. The van der Waals surface area contributed by atoms with E-state index in [2.05, 4.69) is 5.32 Å². The molecule has 0 radical (unpaired) electrons. The van der Waals surface area contributed by atoms with E-state index in [1.54, 1.807) is 0 Å². The van der Waals surface area contributed by atoms with Crippen LogP contribution < -0.4 is 5.32 Å². The molecule has 7 nitrogen and oxygen atoms in total. The molecule has 0 aromatic carbocycles. The van der Waals surface area contributed by atoms with Crippen molar-refractivity contribution in [2.45, 2.75) is 57.1 Å². The number of ether oxygens (including phenoxy) is 1. The van der Waals surface area contributed by atoms with Gasteiger partial charge in [0.05, 0.1) is 6.10 Å². The first kappa shape index (κ1) is 21.3. The lowest BCUT2D eigenvalue weighted by Gasteiger charge is -2.34. The third kappa shape index (κ3) is 5.72. The summed E-state index contributed by atoms with van der Waals surface area (Å²) in [7, 11) is 0. The first-order valence-corrected chi connectivity index (χ1v) is 9.73. The Morgan fingerprint density at radius 2 is 1.81 bits per heavy atom. The maximum atomic E-state index is 12.7. The van der Waals surface area contributed by atoms with Crippen LogP contribution in [0.15, 0.2) is 0 Å². The predicted octanol–water partition coefficient (Wildman–Crippen LogP) is 1.95. The van der Waals surface area contributed by atoms with E-state index in [-0.39, 0.29) is 31.1 Å². The Morgan fingerprint density at radius 3 is 2.46 bits per heavy atom. The van der Waals surface area contributed by atoms with Crippen molar-refractivity contribution in [2.75, 3.05) is 39.3 Å². The number of hydrogen-bond donors (Lipinski definition) is 2. The highest BCUT2D eigenvalue weighted by atomic mass is 35.5. The molecule has 0 unspecified atom stereocenters. The summed E-state index contributed by atoms with van der Waals surface area (Å²) in [4.78, 5) is 27.3. The molecule has 2 saturated heterocycles. The fourth-order valence-electron chi connectivity index (χ4n) is 4.37. The molecule has 8 heteroatoms. The third-order valence-electron chi connectivity index (χ3n) is 5.92. The highest BCUT2D eigenvalue weighted by Gasteiger charge is 2.35. The molecule has 2 amide bonds. The van der Waals surface area contributed by atoms with Crippen molar-refractivity contribution in [1.82, 2.24) is 15.1 Å². The van der Waals surface area contributed by atoms with Crippen molar-refractivity contribution in [1.29, 1.82) is 0 Å². The number of nitrogens with zero attached hydrogens (tertiary/aromatic N) is 2. The molecule has 0 aromatic heterocycles. The minimum absolute atomic E-state index is 0. The van der Waals surface area contributed by atoms with Crippen LogP contribution in [0.1, 0.15) is 44.9 Å². The van der Waals surface area contributed by atoms with Crippen LogP contribution in [0, 0.1) is 5.92 Å². The van der Waals surface area contributed by atoms with Gasteiger partial charge in [-0.05, 0) is 64.0 Å². The third-order valence-corrected chi connectivity index (χ3v) is 5.92. The highest BCUT2D eigenvalue weighted by Crippen LogP contribution is 2.28. The summed E-state index contributed by atoms with van der Waals surface area (Å²) in [5.74, 6) is -0.161. The van der Waals surface area contributed by atoms with E-state index in [0.29, 0.717) is 6.04 Å². The van der Waals surface area contributed by atoms with E-state index in [9.17, 15) is 9.59 Å². The Labute approximate surface area is 161 Å². The number of rotatable bonds is 7. The number of nitrogens with one attached hydrogen (secondary N) is 1. The Balaban J connectivity index is 0.00000243. The zero-order valence-electron chi connectivity index (χ0n) is 15.4. The molecule has 3 rings (SSSR count). The van der Waals surface area contributed by atoms with Crippen molar-refractivity contribution >= 4 is 24.4 Å². The molecule has 2 N–H and O–H groups in total. The summed E-state index contributed by atoms with van der Waals surface area (Å²) in [6.07, 6.45) is 7.13. The lowest BCUT2D eigenvalue weighted by Crippen LogP contribution is -2.42. The Hall–Kier alpha value is -1.05. The molecule has 0 atom stereocenters. The van der Waals surface area contributed by atoms with E-state index >= 15 is 0 Å². The van der Waals surface area contributed by atoms with Gasteiger partial charge in [-0.25, -0.2) is 9.59 Å². The van der Waals surface area contributed by atoms with Crippen molar-refractivity contribution in [2.24, 2.45) is 5.92 Å². The van der Waals surface area contributed by atoms with E-state index in [0.717, 1.165) is 70.7 Å². The number of hydrogen-bond acceptors (Lipinski definition) is 4. The number of carboxylic acids is 1. The zero-order chi connectivity index (χ0) is 17.6. The first-order chi connectivity index (χ1) is 12.1. The molecule has 1 saturated carbocycles. The average molecular weight is 390 g/mol. The second-order valence-corrected chi connectivity index (χ2v) is 7.58. The van der Waals surface area contributed by atoms with Gasteiger partial charge in [-0.15, -0.1) is 12.4 Å². The SMILES string of the molecule is Cl.O=C(O)COC1CCC(N2CCN(CCC3CCNCC3)C2=O)CC1. The van der Waals surface area contributed by atoms with Gasteiger partial charge in [0, 0.05) is 25.7 Å². The fourth-order valence-corrected chi connectivity index (χ4v) is 4.37. The second kappa shape index (κ2) is 10.3. The van der Waals surface area contributed by atoms with E-state index in [1.807, 2.05) is 9.80 Å². The Morgan fingerprint density at radius 1 is 1.12 bits per heavy atom. The molecule has 150 valence electrons. The number of halogens is 1. The number of aliphatic carboxylic acids is 1. The van der Waals surface area contributed by atoms with Gasteiger partial charge in [-0.1, -0.05) is 0 Å². The summed E-state index contributed by atoms with van der Waals surface area (Å²) in [5.41, 5.74) is 0. The van der Waals surface area contributed by atoms with Crippen LogP contribution in [0.3, 0.4) is 0 Å². The quantitative estimate of drug-likeness (QED) is 0.695. The number of amides is 2. The van der Waals surface area contributed by atoms with Crippen LogP contribution in [0.4, 0.5) is 4.79 Å². The average Bonchev–Trinajstić information content (AvgIpc) is 3.00. The Bertz CT molecular complexity index is 465. The van der Waals surface area contributed by atoms with Crippen molar-refractivity contribution in [3.63, 3.8) is 0 Å². The van der Waals surface area contributed by atoms with Gasteiger partial charge in [-0.2, -0.15) is 0 Å². The van der Waals surface area contributed by atoms with Crippen molar-refractivity contribution in [3.8, 4) is 0 Å². The lowest BCUT2D eigenvalue weighted by molar-refractivity contribution is -0.145. The van der Waals surface area contributed by atoms with Crippen LogP contribution in [-0.2, 0) is 9.53 Å². The standard InChI is InChI=1S/C18H31N3O4.ClH/c22-17(23)13-25-16-3-1-15(2-4-16)21-12-11-20(18(21)24)10-7-14-5-8-19-9-6-14;/h14-16,19H,1-13H2,(H,22,23);1H. The summed E-state index contributed by atoms with van der Waals surface area (Å²) in [5, 5.41) is 12.1. The Kier molecular flexibility index (Phi) is 8.44. The fraction of sp³-hybridized carbons (Fsp3) is 0.889. The topological polar surface area (TPSA) is 82.1 Å². The summed E-state index contributed by atoms with van der Waals surface area (Å²) < 4.78 is 5.39. The molecule has 2 aliphatic heterocycles. The smallest absolute Gasteiger partial charge is 0.329 e. The molecular formula is C18H32ClN3O4. The molecule has 0 bridgehead atoms. The molecule has 0 spiro atoms. The first-order valence-electron chi connectivity index (χ1n) is 9.73. The molecular weight excluding hydrogens is 358 g/mol. The summed E-state index contributed by atoms with van der Waals surface area (Å²) in [6, 6.07) is 0.491. The van der Waals surface area contributed by atoms with Crippen molar-refractivity contribution in [3.05, 3.63) is 0 Å². The van der Waals surface area contributed by atoms with Gasteiger partial charge in [0.1, 0.15) is 6.61 Å². The molecule has 0 aromatic rings. The molecule has 2 heterocycles. The predicted molar refractivity (Wildman–Crippen MR) is 101 cm³/mol. The lowest BCUT2D eigenvalue weighted by atomic mass is 9.92. The normalized spacial score (nSPS) is 27.5. The summed E-state index contributed by atoms with van der Waals surface area (Å²) in [6.45, 7) is 4.56. The minimum Gasteiger partial charge on any atom is -0.480 e. The minimum atomic E-state index is -0.916. The van der Waals surface area contributed by atoms with Crippen LogP contribution in [-0.4, -0.2) is 78.4 Å². The molecule has 26 heavy (non-hydrogen) atoms. The van der Waals surface area contributed by atoms with Crippen LogP contribution in [0.5, 0.6) is 0 Å². The van der Waals surface area contributed by atoms with Crippen LogP contribution in [0.2, 0.25) is 0 Å². The largest absolute Gasteiger partial charge is 0.480 e. The number of carboxylic acid groups (broad SMARTS) is 1. The van der Waals surface area contributed by atoms with Gasteiger partial charge < -0.3 is 25.0 Å². The van der Waals surface area contributed by atoms with Gasteiger partial charge in [0.15, 0.2) is 0 Å². The molecule has 3 aliphatic rings. The second-order valence-electron chi connectivity index (χ2n) is 7.58. The van der Waals surface area contributed by atoms with Gasteiger partial charge in [-0.3, -0.25) is 0 Å². The highest BCUT2D eigenvalue weighted by molar-refractivity contribution is 5.85. The molecule has 1 aliphatic carbocycles.